The van der Waals surface area contributed by atoms with E-state index in [-0.39, 0.29) is 11.1 Å². The minimum absolute atomic E-state index is 0.244. The molecule has 1 heterocycles. The van der Waals surface area contributed by atoms with E-state index in [1.165, 1.54) is 0 Å². The topological polar surface area (TPSA) is 93.1 Å². The van der Waals surface area contributed by atoms with Crippen molar-refractivity contribution >= 4 is 29.4 Å². The highest BCUT2D eigenvalue weighted by Crippen LogP contribution is 2.33. The molecule has 2 amide bonds. The zero-order valence-electron chi connectivity index (χ0n) is 16.2. The Bertz CT molecular complexity index is 995. The van der Waals surface area contributed by atoms with E-state index in [2.05, 4.69) is 0 Å². The molecule has 0 bridgehead atoms. The first-order chi connectivity index (χ1) is 14.0. The Morgan fingerprint density at radius 2 is 1.79 bits per heavy atom. The van der Waals surface area contributed by atoms with Crippen molar-refractivity contribution in [3.8, 4) is 11.5 Å². The lowest BCUT2D eigenvalue weighted by Gasteiger charge is -2.27. The monoisotopic (exact) mass is 395 g/mol. The highest BCUT2D eigenvalue weighted by Gasteiger charge is 2.35. The van der Waals surface area contributed by atoms with Gasteiger partial charge in [-0.15, -0.1) is 0 Å². The van der Waals surface area contributed by atoms with E-state index in [1.807, 2.05) is 6.92 Å². The minimum Gasteiger partial charge on any atom is -0.493 e. The van der Waals surface area contributed by atoms with Crippen LogP contribution in [0.15, 0.2) is 42.5 Å². The zero-order chi connectivity index (χ0) is 21.0. The quantitative estimate of drug-likeness (QED) is 0.572. The Balaban J connectivity index is 2.09. The number of ether oxygens (including phenoxy) is 2. The van der Waals surface area contributed by atoms with Gasteiger partial charge in [0, 0.05) is 11.1 Å². The fourth-order valence-corrected chi connectivity index (χ4v) is 3.10. The van der Waals surface area contributed by atoms with Crippen LogP contribution in [-0.4, -0.2) is 48.1 Å². The molecule has 2 aromatic carbocycles. The number of carboxylic acids is 1. The first kappa shape index (κ1) is 20.1. The molecule has 0 atom stereocenters. The maximum Gasteiger partial charge on any atom is 0.323 e. The highest BCUT2D eigenvalue weighted by atomic mass is 16.5. The van der Waals surface area contributed by atoms with Crippen LogP contribution >= 0.6 is 0 Å². The van der Waals surface area contributed by atoms with E-state index in [9.17, 15) is 14.4 Å². The van der Waals surface area contributed by atoms with Crippen molar-refractivity contribution < 1.29 is 29.0 Å². The maximum atomic E-state index is 12.9. The fraction of sp³-hybridized carbons (Fsp3) is 0.227. The standard InChI is InChI=1S/C22H21NO6/c1-3-10-29-19-12-14(8-9-18(19)28-2)11-17-15-6-4-5-7-16(15)21(26)23(22(17)27)13-20(24)25/h4-9,11-12H,3,10,13H2,1-2H3,(H,24,25)/b17-11-. The molecule has 2 aromatic rings. The van der Waals surface area contributed by atoms with Crippen LogP contribution < -0.4 is 9.47 Å². The summed E-state index contributed by atoms with van der Waals surface area (Å²) < 4.78 is 11.0. The lowest BCUT2D eigenvalue weighted by atomic mass is 9.92. The van der Waals surface area contributed by atoms with Crippen LogP contribution in [-0.2, 0) is 9.59 Å². The van der Waals surface area contributed by atoms with Gasteiger partial charge in [-0.3, -0.25) is 19.3 Å². The van der Waals surface area contributed by atoms with E-state index in [1.54, 1.807) is 55.7 Å². The van der Waals surface area contributed by atoms with Gasteiger partial charge in [0.05, 0.1) is 13.7 Å². The summed E-state index contributed by atoms with van der Waals surface area (Å²) in [6.07, 6.45) is 2.45. The molecule has 0 aliphatic carbocycles. The van der Waals surface area contributed by atoms with Gasteiger partial charge in [-0.2, -0.15) is 0 Å². The second-order valence-electron chi connectivity index (χ2n) is 6.45. The minimum atomic E-state index is -1.26. The SMILES string of the molecule is CCCOc1cc(/C=C2\C(=O)N(CC(=O)O)C(=O)c3ccccc32)ccc1OC. The van der Waals surface area contributed by atoms with Crippen molar-refractivity contribution in [2.24, 2.45) is 0 Å². The molecule has 1 aliphatic heterocycles. The van der Waals surface area contributed by atoms with E-state index in [0.717, 1.165) is 11.3 Å². The molecule has 1 N–H and O–H groups in total. The number of imide groups is 1. The number of nitrogens with zero attached hydrogens (tertiary/aromatic N) is 1. The third-order valence-electron chi connectivity index (χ3n) is 4.42. The summed E-state index contributed by atoms with van der Waals surface area (Å²) in [6.45, 7) is 1.81. The first-order valence-corrected chi connectivity index (χ1v) is 9.16. The van der Waals surface area contributed by atoms with Gasteiger partial charge in [-0.1, -0.05) is 31.2 Å². The summed E-state index contributed by atoms with van der Waals surface area (Å²) in [5, 5.41) is 9.11. The number of carbonyl (C=O) groups excluding carboxylic acids is 2. The Hall–Kier alpha value is -3.61. The molecule has 0 saturated carbocycles. The molecule has 0 radical (unpaired) electrons. The predicted molar refractivity (Wildman–Crippen MR) is 107 cm³/mol. The van der Waals surface area contributed by atoms with E-state index < -0.39 is 24.3 Å². The molecule has 0 aromatic heterocycles. The highest BCUT2D eigenvalue weighted by molar-refractivity contribution is 6.34. The van der Waals surface area contributed by atoms with Gasteiger partial charge in [0.25, 0.3) is 11.8 Å². The molecule has 0 unspecified atom stereocenters. The number of fused-ring (bicyclic) bond motifs is 1. The summed E-state index contributed by atoms with van der Waals surface area (Å²) in [4.78, 5) is 37.4. The van der Waals surface area contributed by atoms with Crippen LogP contribution in [0, 0.1) is 0 Å². The normalized spacial score (nSPS) is 14.7. The number of rotatable bonds is 7. The number of amides is 2. The van der Waals surface area contributed by atoms with Gasteiger partial charge in [0.1, 0.15) is 6.54 Å². The average Bonchev–Trinajstić information content (AvgIpc) is 2.72. The van der Waals surface area contributed by atoms with E-state index in [4.69, 9.17) is 14.6 Å². The summed E-state index contributed by atoms with van der Waals surface area (Å²) in [6, 6.07) is 11.9. The molecule has 150 valence electrons. The van der Waals surface area contributed by atoms with Crippen LogP contribution in [0.25, 0.3) is 11.6 Å². The molecular weight excluding hydrogens is 374 g/mol. The molecule has 0 fully saturated rings. The zero-order valence-corrected chi connectivity index (χ0v) is 16.2. The maximum absolute atomic E-state index is 12.9. The molecular formula is C22H21NO6. The van der Waals surface area contributed by atoms with Gasteiger partial charge in [-0.25, -0.2) is 0 Å². The second kappa shape index (κ2) is 8.60. The van der Waals surface area contributed by atoms with Crippen LogP contribution in [0.3, 0.4) is 0 Å². The molecule has 0 spiro atoms. The molecule has 7 nitrogen and oxygen atoms in total. The van der Waals surface area contributed by atoms with Gasteiger partial charge >= 0.3 is 5.97 Å². The van der Waals surface area contributed by atoms with Gasteiger partial charge < -0.3 is 14.6 Å². The van der Waals surface area contributed by atoms with Crippen LogP contribution in [0.4, 0.5) is 0 Å². The molecule has 7 heteroatoms. The van der Waals surface area contributed by atoms with Crippen LogP contribution in [0.5, 0.6) is 11.5 Å². The van der Waals surface area contributed by atoms with E-state index in [0.29, 0.717) is 29.2 Å². The van der Waals surface area contributed by atoms with Crippen molar-refractivity contribution in [1.82, 2.24) is 4.90 Å². The molecule has 0 saturated heterocycles. The summed E-state index contributed by atoms with van der Waals surface area (Å²) >= 11 is 0. The van der Waals surface area contributed by atoms with E-state index >= 15 is 0 Å². The van der Waals surface area contributed by atoms with Gasteiger partial charge in [-0.05, 0) is 41.8 Å². The summed E-state index contributed by atoms with van der Waals surface area (Å²) in [5.41, 5.74) is 1.67. The number of hydrogen-bond donors (Lipinski definition) is 1. The summed E-state index contributed by atoms with van der Waals surface area (Å²) in [7, 11) is 1.54. The number of hydrogen-bond acceptors (Lipinski definition) is 5. The van der Waals surface area contributed by atoms with Crippen molar-refractivity contribution in [2.75, 3.05) is 20.3 Å². The molecule has 3 rings (SSSR count). The van der Waals surface area contributed by atoms with Crippen LogP contribution in [0.1, 0.15) is 34.8 Å². The Morgan fingerprint density at radius 1 is 1.07 bits per heavy atom. The lowest BCUT2D eigenvalue weighted by molar-refractivity contribution is -0.141. The van der Waals surface area contributed by atoms with Crippen LogP contribution in [0.2, 0.25) is 0 Å². The third kappa shape index (κ3) is 4.13. The first-order valence-electron chi connectivity index (χ1n) is 9.16. The number of carbonyl (C=O) groups is 3. The summed E-state index contributed by atoms with van der Waals surface area (Å²) in [5.74, 6) is -1.42. The lowest BCUT2D eigenvalue weighted by Crippen LogP contribution is -2.44. The van der Waals surface area contributed by atoms with Crippen molar-refractivity contribution in [3.05, 3.63) is 59.2 Å². The fourth-order valence-electron chi connectivity index (χ4n) is 3.10. The molecule has 29 heavy (non-hydrogen) atoms. The third-order valence-corrected chi connectivity index (χ3v) is 4.42. The second-order valence-corrected chi connectivity index (χ2v) is 6.45. The Kier molecular flexibility index (Phi) is 5.97. The number of carboxylic acid groups (broad SMARTS) is 1. The Labute approximate surface area is 168 Å². The smallest absolute Gasteiger partial charge is 0.323 e. The number of aliphatic carboxylic acids is 1. The average molecular weight is 395 g/mol. The number of methoxy groups -OCH3 is 1. The molecule has 1 aliphatic rings. The largest absolute Gasteiger partial charge is 0.493 e. The van der Waals surface area contributed by atoms with Gasteiger partial charge in [0.2, 0.25) is 0 Å². The Morgan fingerprint density at radius 3 is 2.45 bits per heavy atom. The van der Waals surface area contributed by atoms with Crippen molar-refractivity contribution in [2.45, 2.75) is 13.3 Å². The van der Waals surface area contributed by atoms with Crippen molar-refractivity contribution in [3.63, 3.8) is 0 Å². The van der Waals surface area contributed by atoms with Crippen molar-refractivity contribution in [1.29, 1.82) is 0 Å². The predicted octanol–water partition coefficient (Wildman–Crippen LogP) is 3.09. The van der Waals surface area contributed by atoms with Gasteiger partial charge in [0.15, 0.2) is 11.5 Å². The number of benzene rings is 2.